The summed E-state index contributed by atoms with van der Waals surface area (Å²) in [4.78, 5) is 58.6. The Labute approximate surface area is 371 Å². The molecule has 0 bridgehead atoms. The van der Waals surface area contributed by atoms with Crippen LogP contribution in [0.5, 0.6) is 0 Å². The maximum absolute atomic E-state index is 15.5. The van der Waals surface area contributed by atoms with E-state index in [9.17, 15) is 42.0 Å². The molecule has 2 aliphatic heterocycles. The fraction of sp³-hybridized carbons (Fsp3) is 0.250. The van der Waals surface area contributed by atoms with E-state index >= 15 is 4.39 Å². The predicted molar refractivity (Wildman–Crippen MR) is 232 cm³/mol. The van der Waals surface area contributed by atoms with E-state index in [1.807, 2.05) is 0 Å². The average Bonchev–Trinajstić information content (AvgIpc) is 3.76. The average molecular weight is 910 g/mol. The number of aryl methyl sites for hydroxylation is 1. The molecule has 65 heavy (non-hydrogen) atoms. The van der Waals surface area contributed by atoms with Crippen LogP contribution in [0.4, 0.5) is 44.7 Å². The van der Waals surface area contributed by atoms with E-state index in [1.54, 1.807) is 36.0 Å². The molecule has 0 radical (unpaired) electrons. The summed E-state index contributed by atoms with van der Waals surface area (Å²) in [7, 11) is 1.73. The topological polar surface area (TPSA) is 194 Å². The van der Waals surface area contributed by atoms with Gasteiger partial charge in [0.05, 0.1) is 51.5 Å². The standard InChI is InChI=1S/C44H36F5N11O4S/c1-43(2)41(64)59(26-12-9-23(20-50)30(18-26)44(47,48)49)42(65)60(43)27-13-14-28(31(46)19-27)39(62)51-15-5-4-6-33(61)54-25-10-7-22(8-11-25)36-35(38-52-21-53-58(38)3)37-34-29(40(63)57-56-37)16-24(45)17-32(34)55-36/h7-14,16-19,21,35-36,55H,4-6,15H2,1-3H3,(H,51,62)(H,54,61)(H,57,63)/t35-,36-/m1/s1. The Bertz CT molecular complexity index is 3040. The van der Waals surface area contributed by atoms with Crippen LogP contribution < -0.4 is 31.3 Å². The Morgan fingerprint density at radius 3 is 2.40 bits per heavy atom. The van der Waals surface area contributed by atoms with Gasteiger partial charge in [-0.05, 0) is 105 Å². The van der Waals surface area contributed by atoms with E-state index in [1.165, 1.54) is 55.4 Å². The minimum Gasteiger partial charge on any atom is -0.376 e. The van der Waals surface area contributed by atoms with E-state index in [2.05, 4.69) is 36.2 Å². The third-order valence-corrected chi connectivity index (χ3v) is 11.7. The number of nitriles is 1. The number of nitrogens with zero attached hydrogens (tertiary/aromatic N) is 7. The van der Waals surface area contributed by atoms with Crippen LogP contribution in [-0.2, 0) is 22.8 Å². The number of aromatic amines is 1. The Hall–Kier alpha value is -7.60. The van der Waals surface area contributed by atoms with Crippen LogP contribution in [0.15, 0.2) is 83.9 Å². The van der Waals surface area contributed by atoms with Gasteiger partial charge < -0.3 is 20.9 Å². The number of rotatable bonds is 11. The lowest BCUT2D eigenvalue weighted by Gasteiger charge is -2.33. The van der Waals surface area contributed by atoms with Gasteiger partial charge in [0.1, 0.15) is 29.3 Å². The lowest BCUT2D eigenvalue weighted by Crippen LogP contribution is -2.44. The number of halogens is 5. The summed E-state index contributed by atoms with van der Waals surface area (Å²) in [5, 5.41) is 29.5. The zero-order chi connectivity index (χ0) is 46.5. The molecule has 0 unspecified atom stereocenters. The normalized spacial score (nSPS) is 16.7. The second-order valence-corrected chi connectivity index (χ2v) is 16.2. The van der Waals surface area contributed by atoms with Crippen molar-refractivity contribution in [1.82, 2.24) is 30.3 Å². The maximum Gasteiger partial charge on any atom is 0.417 e. The summed E-state index contributed by atoms with van der Waals surface area (Å²) in [5.74, 6) is -3.25. The minimum atomic E-state index is -4.88. The number of hydrogen-bond acceptors (Lipinski definition) is 10. The van der Waals surface area contributed by atoms with Crippen LogP contribution in [0.3, 0.4) is 0 Å². The van der Waals surface area contributed by atoms with Crippen molar-refractivity contribution < 1.29 is 36.3 Å². The first-order valence-electron chi connectivity index (χ1n) is 20.0. The van der Waals surface area contributed by atoms with Crippen LogP contribution in [0.25, 0.3) is 10.8 Å². The number of aromatic nitrogens is 5. The van der Waals surface area contributed by atoms with Crippen LogP contribution in [0.2, 0.25) is 0 Å². The highest BCUT2D eigenvalue weighted by Crippen LogP contribution is 2.46. The molecule has 0 spiro atoms. The Balaban J connectivity index is 0.859. The molecule has 6 aromatic rings. The molecule has 0 saturated carbocycles. The first kappa shape index (κ1) is 44.0. The van der Waals surface area contributed by atoms with Gasteiger partial charge in [0, 0.05) is 42.5 Å². The molecule has 2 atom stereocenters. The maximum atomic E-state index is 15.5. The van der Waals surface area contributed by atoms with Crippen molar-refractivity contribution in [2.75, 3.05) is 27.0 Å². The predicted octanol–water partition coefficient (Wildman–Crippen LogP) is 6.97. The molecule has 4 N–H and O–H groups in total. The summed E-state index contributed by atoms with van der Waals surface area (Å²) in [6.07, 6.45) is -2.62. The van der Waals surface area contributed by atoms with Crippen molar-refractivity contribution in [2.24, 2.45) is 7.05 Å². The number of unbranched alkanes of at least 4 members (excludes halogenated alkanes) is 1. The third kappa shape index (κ3) is 8.12. The molecule has 15 nitrogen and oxygen atoms in total. The first-order chi connectivity index (χ1) is 30.9. The lowest BCUT2D eigenvalue weighted by molar-refractivity contribution is -0.137. The van der Waals surface area contributed by atoms with Gasteiger partial charge in [-0.25, -0.2) is 18.9 Å². The second kappa shape index (κ2) is 16.8. The highest BCUT2D eigenvalue weighted by molar-refractivity contribution is 7.81. The van der Waals surface area contributed by atoms with Crippen molar-refractivity contribution >= 4 is 68.6 Å². The molecule has 1 fully saturated rings. The monoisotopic (exact) mass is 909 g/mol. The number of thiocarbonyl (C=S) groups is 1. The second-order valence-electron chi connectivity index (χ2n) is 15.9. The fourth-order valence-corrected chi connectivity index (χ4v) is 8.68. The number of nitrogens with one attached hydrogen (secondary N) is 4. The van der Waals surface area contributed by atoms with Crippen LogP contribution in [0.1, 0.15) is 83.6 Å². The van der Waals surface area contributed by atoms with Crippen LogP contribution >= 0.6 is 12.2 Å². The van der Waals surface area contributed by atoms with Crippen molar-refractivity contribution in [1.29, 1.82) is 5.26 Å². The van der Waals surface area contributed by atoms with Crippen LogP contribution in [-0.4, -0.2) is 59.9 Å². The summed E-state index contributed by atoms with van der Waals surface area (Å²) in [6, 6.07) is 16.8. The van der Waals surface area contributed by atoms with Gasteiger partial charge in [-0.1, -0.05) is 12.1 Å². The number of alkyl halides is 3. The fourth-order valence-electron chi connectivity index (χ4n) is 8.16. The van der Waals surface area contributed by atoms with E-state index in [4.69, 9.17) is 12.2 Å². The molecule has 21 heteroatoms. The van der Waals surface area contributed by atoms with E-state index in [0.29, 0.717) is 47.2 Å². The highest BCUT2D eigenvalue weighted by atomic mass is 32.1. The molecule has 0 aliphatic carbocycles. The molecule has 8 rings (SSSR count). The Morgan fingerprint density at radius 1 is 0.985 bits per heavy atom. The summed E-state index contributed by atoms with van der Waals surface area (Å²) >= 11 is 5.52. The molecule has 3 amide bonds. The van der Waals surface area contributed by atoms with Gasteiger partial charge in [0.15, 0.2) is 5.11 Å². The first-order valence-corrected chi connectivity index (χ1v) is 20.4. The number of carbonyl (C=O) groups is 3. The summed E-state index contributed by atoms with van der Waals surface area (Å²) in [6.45, 7) is 3.04. The van der Waals surface area contributed by atoms with E-state index in [0.717, 1.165) is 28.7 Å². The van der Waals surface area contributed by atoms with Crippen molar-refractivity contribution in [3.63, 3.8) is 0 Å². The van der Waals surface area contributed by atoms with Gasteiger partial charge in [0.25, 0.3) is 17.4 Å². The largest absolute Gasteiger partial charge is 0.417 e. The molecule has 4 heterocycles. The van der Waals surface area contributed by atoms with Crippen molar-refractivity contribution in [3.8, 4) is 6.07 Å². The van der Waals surface area contributed by atoms with Gasteiger partial charge in [-0.2, -0.15) is 28.6 Å². The smallest absolute Gasteiger partial charge is 0.376 e. The summed E-state index contributed by atoms with van der Waals surface area (Å²) in [5.41, 5.74) is -2.20. The summed E-state index contributed by atoms with van der Waals surface area (Å²) < 4.78 is 72.9. The van der Waals surface area contributed by atoms with E-state index in [-0.39, 0.29) is 46.3 Å². The number of benzene rings is 4. The SMILES string of the molecule is Cn1ncnc1[C@H]1c2n[nH]c(=O)c3cc(F)cc(c23)N[C@@H]1c1ccc(NC(=O)CCCCNC(=O)c2ccc(N3C(=S)N(c4ccc(C#N)c(C(F)(F)F)c4)C(=O)C3(C)C)cc2F)cc1. The van der Waals surface area contributed by atoms with Gasteiger partial charge in [-0.15, -0.1) is 0 Å². The number of carbonyl (C=O) groups excluding carboxylic acids is 3. The molecular weight excluding hydrogens is 874 g/mol. The van der Waals surface area contributed by atoms with Gasteiger partial charge in [-0.3, -0.25) is 28.8 Å². The molecule has 2 aliphatic rings. The number of amides is 3. The highest BCUT2D eigenvalue weighted by Gasteiger charge is 2.51. The molecular formula is C44H36F5N11O4S. The zero-order valence-electron chi connectivity index (χ0n) is 34.6. The van der Waals surface area contributed by atoms with E-state index < -0.39 is 63.8 Å². The van der Waals surface area contributed by atoms with Gasteiger partial charge >= 0.3 is 6.18 Å². The lowest BCUT2D eigenvalue weighted by atomic mass is 9.83. The van der Waals surface area contributed by atoms with Crippen molar-refractivity contribution in [3.05, 3.63) is 135 Å². The number of hydrogen-bond donors (Lipinski definition) is 4. The van der Waals surface area contributed by atoms with Crippen molar-refractivity contribution in [2.45, 2.75) is 56.8 Å². The Kier molecular flexibility index (Phi) is 11.4. The quantitative estimate of drug-likeness (QED) is 0.0596. The molecule has 2 aromatic heterocycles. The Morgan fingerprint density at radius 2 is 1.72 bits per heavy atom. The van der Waals surface area contributed by atoms with Gasteiger partial charge in [0.2, 0.25) is 5.91 Å². The third-order valence-electron chi connectivity index (χ3n) is 11.3. The number of anilines is 4. The molecule has 4 aromatic carbocycles. The zero-order valence-corrected chi connectivity index (χ0v) is 35.4. The molecule has 332 valence electrons. The van der Waals surface area contributed by atoms with Crippen LogP contribution in [0, 0.1) is 23.0 Å². The number of H-pyrrole nitrogens is 1. The molecule has 1 saturated heterocycles. The minimum absolute atomic E-state index is 0.0725.